The van der Waals surface area contributed by atoms with Crippen molar-refractivity contribution in [3.8, 4) is 11.5 Å². The number of hydrogen-bond donors (Lipinski definition) is 4. The van der Waals surface area contributed by atoms with Gasteiger partial charge in [0.2, 0.25) is 11.6 Å². The first kappa shape index (κ1) is 26.0. The molecule has 10 heteroatoms. The monoisotopic (exact) mass is 496 g/mol. The Balaban J connectivity index is 2.16. The molecule has 4 N–H and O–H groups in total. The number of ether oxygens (including phenoxy) is 2. The van der Waals surface area contributed by atoms with Gasteiger partial charge in [0, 0.05) is 11.8 Å². The van der Waals surface area contributed by atoms with Gasteiger partial charge < -0.3 is 29.9 Å². The largest absolute Gasteiger partial charge is 0.508 e. The van der Waals surface area contributed by atoms with Crippen LogP contribution in [0.1, 0.15) is 35.8 Å². The number of rotatable bonds is 8. The molecule has 0 saturated heterocycles. The van der Waals surface area contributed by atoms with Crippen molar-refractivity contribution in [3.63, 3.8) is 0 Å². The SMILES string of the molecule is COC(=O)C[C@@H](C1=C(O)C(=O)C([C@H](CC(=O)OC)c2cccc(O)c2)=C(O)C1=O)c1cccc(O)c1. The van der Waals surface area contributed by atoms with Crippen molar-refractivity contribution in [2.24, 2.45) is 0 Å². The molecular formula is C26H24O10. The summed E-state index contributed by atoms with van der Waals surface area (Å²) in [6.07, 6.45) is -0.974. The van der Waals surface area contributed by atoms with E-state index in [4.69, 9.17) is 0 Å². The Morgan fingerprint density at radius 3 is 1.36 bits per heavy atom. The van der Waals surface area contributed by atoms with Crippen molar-refractivity contribution < 1.29 is 49.1 Å². The molecule has 0 spiro atoms. The molecule has 1 aliphatic rings. The quantitative estimate of drug-likeness (QED) is 0.315. The summed E-state index contributed by atoms with van der Waals surface area (Å²) in [6, 6.07) is 11.0. The van der Waals surface area contributed by atoms with E-state index in [0.717, 1.165) is 14.2 Å². The van der Waals surface area contributed by atoms with Crippen LogP contribution in [0.2, 0.25) is 0 Å². The Bertz CT molecular complexity index is 1190. The predicted molar refractivity (Wildman–Crippen MR) is 124 cm³/mol. The minimum absolute atomic E-state index is 0.195. The van der Waals surface area contributed by atoms with E-state index in [-0.39, 0.29) is 22.6 Å². The molecule has 0 heterocycles. The van der Waals surface area contributed by atoms with Crippen LogP contribution in [0.5, 0.6) is 11.5 Å². The van der Waals surface area contributed by atoms with E-state index in [1.165, 1.54) is 48.5 Å². The van der Waals surface area contributed by atoms with Crippen molar-refractivity contribution in [2.75, 3.05) is 14.2 Å². The zero-order valence-electron chi connectivity index (χ0n) is 19.4. The van der Waals surface area contributed by atoms with Crippen molar-refractivity contribution in [2.45, 2.75) is 24.7 Å². The van der Waals surface area contributed by atoms with Crippen molar-refractivity contribution in [3.05, 3.63) is 82.3 Å². The summed E-state index contributed by atoms with van der Waals surface area (Å²) in [5.74, 6) is -8.78. The zero-order chi connectivity index (χ0) is 26.6. The number of aliphatic hydroxyl groups is 2. The molecule has 1 aliphatic carbocycles. The molecule has 2 aromatic carbocycles. The molecule has 0 unspecified atom stereocenters. The summed E-state index contributed by atoms with van der Waals surface area (Å²) in [5, 5.41) is 41.6. The molecule has 0 saturated carbocycles. The van der Waals surface area contributed by atoms with Crippen LogP contribution in [0.4, 0.5) is 0 Å². The van der Waals surface area contributed by atoms with Gasteiger partial charge in [-0.25, -0.2) is 0 Å². The highest BCUT2D eigenvalue weighted by molar-refractivity contribution is 6.24. The molecule has 3 rings (SSSR count). The fraction of sp³-hybridized carbons (Fsp3) is 0.231. The predicted octanol–water partition coefficient (Wildman–Crippen LogP) is 2.87. The number of phenols is 2. The maximum atomic E-state index is 13.4. The molecule has 10 nitrogen and oxygen atoms in total. The highest BCUT2D eigenvalue weighted by Crippen LogP contribution is 2.41. The third-order valence-electron chi connectivity index (χ3n) is 5.87. The smallest absolute Gasteiger partial charge is 0.306 e. The van der Waals surface area contributed by atoms with Crippen LogP contribution in [0.15, 0.2) is 71.2 Å². The number of methoxy groups -OCH3 is 2. The minimum atomic E-state index is -1.25. The fourth-order valence-corrected chi connectivity index (χ4v) is 4.12. The molecule has 0 amide bonds. The maximum absolute atomic E-state index is 13.4. The molecule has 0 radical (unpaired) electrons. The number of aromatic hydroxyl groups is 2. The van der Waals surface area contributed by atoms with E-state index in [9.17, 15) is 39.6 Å². The van der Waals surface area contributed by atoms with E-state index in [0.29, 0.717) is 0 Å². The first-order valence-corrected chi connectivity index (χ1v) is 10.8. The number of phenolic OH excluding ortho intramolecular Hbond substituents is 2. The normalized spacial score (nSPS) is 15.5. The third kappa shape index (κ3) is 5.22. The number of carbonyl (C=O) groups excluding carboxylic acids is 4. The van der Waals surface area contributed by atoms with Gasteiger partial charge in [-0.2, -0.15) is 0 Å². The van der Waals surface area contributed by atoms with E-state index in [1.807, 2.05) is 0 Å². The van der Waals surface area contributed by atoms with Crippen molar-refractivity contribution >= 4 is 23.5 Å². The second-order valence-corrected chi connectivity index (χ2v) is 8.04. The van der Waals surface area contributed by atoms with E-state index in [1.54, 1.807) is 0 Å². The summed E-state index contributed by atoms with van der Waals surface area (Å²) >= 11 is 0. The van der Waals surface area contributed by atoms with Gasteiger partial charge in [0.25, 0.3) is 0 Å². The van der Waals surface area contributed by atoms with Crippen LogP contribution in [0.3, 0.4) is 0 Å². The Morgan fingerprint density at radius 2 is 1.06 bits per heavy atom. The molecule has 188 valence electrons. The van der Waals surface area contributed by atoms with Crippen LogP contribution in [-0.2, 0) is 28.7 Å². The molecule has 0 aromatic heterocycles. The van der Waals surface area contributed by atoms with Gasteiger partial charge in [0.1, 0.15) is 11.5 Å². The third-order valence-corrected chi connectivity index (χ3v) is 5.87. The van der Waals surface area contributed by atoms with Crippen molar-refractivity contribution in [1.82, 2.24) is 0 Å². The van der Waals surface area contributed by atoms with Crippen LogP contribution in [0.25, 0.3) is 0 Å². The van der Waals surface area contributed by atoms with Gasteiger partial charge in [-0.05, 0) is 35.4 Å². The van der Waals surface area contributed by atoms with Crippen LogP contribution < -0.4 is 0 Å². The highest BCUT2D eigenvalue weighted by atomic mass is 16.5. The Hall–Kier alpha value is -4.60. The fourth-order valence-electron chi connectivity index (χ4n) is 4.12. The summed E-state index contributed by atoms with van der Waals surface area (Å²) in [6.45, 7) is 0. The van der Waals surface area contributed by atoms with Crippen LogP contribution >= 0.6 is 0 Å². The van der Waals surface area contributed by atoms with E-state index >= 15 is 0 Å². The Labute approximate surface area is 205 Å². The standard InChI is InChI=1S/C26H24O10/c1-35-19(29)11-17(13-5-3-7-15(27)9-13)21-23(31)25(33)22(26(34)24(21)32)18(12-20(30)36-2)14-6-4-8-16(28)10-14/h3-10,17-18,27-28,31,34H,11-12H2,1-2H3/t17-,18-/m1/s1. The van der Waals surface area contributed by atoms with Gasteiger partial charge in [-0.3, -0.25) is 19.2 Å². The summed E-state index contributed by atoms with van der Waals surface area (Å²) in [4.78, 5) is 50.9. The van der Waals surface area contributed by atoms with E-state index < -0.39 is 70.8 Å². The lowest BCUT2D eigenvalue weighted by Gasteiger charge is -2.27. The van der Waals surface area contributed by atoms with Crippen LogP contribution in [0, 0.1) is 0 Å². The van der Waals surface area contributed by atoms with Gasteiger partial charge in [-0.15, -0.1) is 0 Å². The Kier molecular flexibility index (Phi) is 7.78. The molecule has 2 aromatic rings. The lowest BCUT2D eigenvalue weighted by molar-refractivity contribution is -0.142. The minimum Gasteiger partial charge on any atom is -0.508 e. The second-order valence-electron chi connectivity index (χ2n) is 8.04. The molecule has 0 fully saturated rings. The average molecular weight is 496 g/mol. The first-order chi connectivity index (χ1) is 17.1. The number of ketones is 2. The van der Waals surface area contributed by atoms with Gasteiger partial charge in [-0.1, -0.05) is 24.3 Å². The lowest BCUT2D eigenvalue weighted by Crippen LogP contribution is -2.31. The van der Waals surface area contributed by atoms with Gasteiger partial charge in [0.15, 0.2) is 11.5 Å². The average Bonchev–Trinajstić information content (AvgIpc) is 2.86. The number of hydrogen-bond acceptors (Lipinski definition) is 10. The highest BCUT2D eigenvalue weighted by Gasteiger charge is 2.43. The number of aliphatic hydroxyl groups excluding tert-OH is 2. The second kappa shape index (κ2) is 10.8. The number of benzene rings is 2. The summed E-state index contributed by atoms with van der Waals surface area (Å²) in [7, 11) is 2.23. The lowest BCUT2D eigenvalue weighted by atomic mass is 9.76. The summed E-state index contributed by atoms with van der Waals surface area (Å²) in [5.41, 5.74) is -0.716. The summed E-state index contributed by atoms with van der Waals surface area (Å²) < 4.78 is 9.36. The molecular weight excluding hydrogens is 472 g/mol. The number of Topliss-reactive ketones (excluding diaryl/α,β-unsaturated/α-hetero) is 2. The molecule has 36 heavy (non-hydrogen) atoms. The number of allylic oxidation sites excluding steroid dienone is 2. The van der Waals surface area contributed by atoms with Gasteiger partial charge >= 0.3 is 11.9 Å². The molecule has 0 bridgehead atoms. The topological polar surface area (TPSA) is 168 Å². The number of esters is 2. The van der Waals surface area contributed by atoms with E-state index in [2.05, 4.69) is 9.47 Å². The maximum Gasteiger partial charge on any atom is 0.306 e. The first-order valence-electron chi connectivity index (χ1n) is 10.8. The molecule has 0 aliphatic heterocycles. The Morgan fingerprint density at radius 1 is 0.694 bits per heavy atom. The molecule has 2 atom stereocenters. The zero-order valence-corrected chi connectivity index (χ0v) is 19.4. The van der Waals surface area contributed by atoms with Crippen molar-refractivity contribution in [1.29, 1.82) is 0 Å². The van der Waals surface area contributed by atoms with Gasteiger partial charge in [0.05, 0.1) is 38.2 Å². The number of carbonyl (C=O) groups is 4. The van der Waals surface area contributed by atoms with Crippen LogP contribution in [-0.4, -0.2) is 58.2 Å².